The average molecular weight is 307 g/mol. The third-order valence-corrected chi connectivity index (χ3v) is 3.41. The Morgan fingerprint density at radius 3 is 2.81 bits per heavy atom. The number of halogens is 2. The number of aliphatic hydroxyl groups is 1. The van der Waals surface area contributed by atoms with Crippen molar-refractivity contribution in [3.63, 3.8) is 0 Å². The van der Waals surface area contributed by atoms with Crippen molar-refractivity contribution < 1.29 is 5.11 Å². The van der Waals surface area contributed by atoms with Crippen LogP contribution in [-0.2, 0) is 6.54 Å². The topological polar surface area (TPSA) is 32.3 Å². The van der Waals surface area contributed by atoms with Crippen molar-refractivity contribution in [1.82, 2.24) is 5.32 Å². The van der Waals surface area contributed by atoms with Gasteiger partial charge in [0.25, 0.3) is 0 Å². The van der Waals surface area contributed by atoms with Gasteiger partial charge in [-0.25, -0.2) is 0 Å². The maximum atomic E-state index is 8.88. The minimum absolute atomic E-state index is 0.222. The summed E-state index contributed by atoms with van der Waals surface area (Å²) in [7, 11) is 0. The summed E-state index contributed by atoms with van der Waals surface area (Å²) in [4.78, 5) is 0. The molecule has 0 spiro atoms. The van der Waals surface area contributed by atoms with Crippen molar-refractivity contribution in [3.05, 3.63) is 33.3 Å². The molecule has 0 amide bonds. The second-order valence-electron chi connectivity index (χ2n) is 3.73. The fourth-order valence-electron chi connectivity index (χ4n) is 1.53. The third-order valence-electron chi connectivity index (χ3n) is 2.57. The van der Waals surface area contributed by atoms with Crippen LogP contribution in [0.2, 0.25) is 5.02 Å². The molecule has 0 heterocycles. The van der Waals surface area contributed by atoms with Crippen molar-refractivity contribution in [3.8, 4) is 0 Å². The molecule has 1 atom stereocenters. The Morgan fingerprint density at radius 1 is 1.50 bits per heavy atom. The molecule has 90 valence electrons. The van der Waals surface area contributed by atoms with E-state index in [0.29, 0.717) is 6.04 Å². The second-order valence-corrected chi connectivity index (χ2v) is 5.06. The number of rotatable bonds is 6. The predicted octanol–water partition coefficient (Wildman–Crippen LogP) is 3.35. The van der Waals surface area contributed by atoms with Gasteiger partial charge in [-0.3, -0.25) is 0 Å². The highest BCUT2D eigenvalue weighted by atomic mass is 79.9. The highest BCUT2D eigenvalue weighted by molar-refractivity contribution is 9.10. The number of aliphatic hydroxyl groups excluding tert-OH is 1. The molecule has 0 radical (unpaired) electrons. The van der Waals surface area contributed by atoms with Crippen LogP contribution >= 0.6 is 27.5 Å². The summed E-state index contributed by atoms with van der Waals surface area (Å²) in [5.74, 6) is 0. The highest BCUT2D eigenvalue weighted by Crippen LogP contribution is 2.21. The minimum Gasteiger partial charge on any atom is -0.396 e. The molecular weight excluding hydrogens is 289 g/mol. The van der Waals surface area contributed by atoms with Crippen molar-refractivity contribution >= 4 is 27.5 Å². The lowest BCUT2D eigenvalue weighted by Crippen LogP contribution is -2.28. The Morgan fingerprint density at radius 2 is 2.25 bits per heavy atom. The number of hydrogen-bond donors (Lipinski definition) is 2. The van der Waals surface area contributed by atoms with Crippen LogP contribution in [-0.4, -0.2) is 17.8 Å². The maximum Gasteiger partial charge on any atom is 0.0462 e. The maximum absolute atomic E-state index is 8.88. The van der Waals surface area contributed by atoms with Gasteiger partial charge in [0.1, 0.15) is 0 Å². The van der Waals surface area contributed by atoms with Crippen molar-refractivity contribution in [1.29, 1.82) is 0 Å². The lowest BCUT2D eigenvalue weighted by molar-refractivity contribution is 0.262. The van der Waals surface area contributed by atoms with Gasteiger partial charge in [-0.1, -0.05) is 40.5 Å². The van der Waals surface area contributed by atoms with E-state index in [2.05, 4.69) is 28.2 Å². The van der Waals surface area contributed by atoms with E-state index in [-0.39, 0.29) is 6.61 Å². The normalized spacial score (nSPS) is 12.8. The summed E-state index contributed by atoms with van der Waals surface area (Å²) in [6.07, 6.45) is 1.79. The molecular formula is C12H17BrClNO. The lowest BCUT2D eigenvalue weighted by Gasteiger charge is -2.16. The SMILES string of the molecule is CCC(CCO)NCc1ccc(Br)cc1Cl. The van der Waals surface area contributed by atoms with E-state index >= 15 is 0 Å². The molecule has 4 heteroatoms. The zero-order valence-electron chi connectivity index (χ0n) is 9.34. The average Bonchev–Trinajstić information content (AvgIpc) is 2.26. The Labute approximate surface area is 110 Å². The van der Waals surface area contributed by atoms with Crippen LogP contribution in [0.25, 0.3) is 0 Å². The highest BCUT2D eigenvalue weighted by Gasteiger charge is 2.06. The largest absolute Gasteiger partial charge is 0.396 e. The van der Waals surface area contributed by atoms with Gasteiger partial charge < -0.3 is 10.4 Å². The van der Waals surface area contributed by atoms with Crippen molar-refractivity contribution in [2.45, 2.75) is 32.4 Å². The van der Waals surface area contributed by atoms with Crippen LogP contribution in [0.15, 0.2) is 22.7 Å². The molecule has 1 aromatic carbocycles. The van der Waals surface area contributed by atoms with Crippen LogP contribution in [0.1, 0.15) is 25.3 Å². The van der Waals surface area contributed by atoms with Gasteiger partial charge in [-0.2, -0.15) is 0 Å². The first-order chi connectivity index (χ1) is 7.67. The molecule has 0 saturated carbocycles. The summed E-state index contributed by atoms with van der Waals surface area (Å²) in [6.45, 7) is 3.07. The molecule has 1 unspecified atom stereocenters. The van der Waals surface area contributed by atoms with Crippen LogP contribution in [0.4, 0.5) is 0 Å². The summed E-state index contributed by atoms with van der Waals surface area (Å²) in [5, 5.41) is 13.0. The predicted molar refractivity (Wildman–Crippen MR) is 71.8 cm³/mol. The second kappa shape index (κ2) is 7.28. The van der Waals surface area contributed by atoms with Gasteiger partial charge in [0.15, 0.2) is 0 Å². The fourth-order valence-corrected chi connectivity index (χ4v) is 2.27. The van der Waals surface area contributed by atoms with E-state index in [1.54, 1.807) is 0 Å². The van der Waals surface area contributed by atoms with Gasteiger partial charge in [0, 0.05) is 28.7 Å². The standard InChI is InChI=1S/C12H17BrClNO/c1-2-11(5-6-16)15-8-9-3-4-10(13)7-12(9)14/h3-4,7,11,15-16H,2,5-6,8H2,1H3. The summed E-state index contributed by atoms with van der Waals surface area (Å²) in [5.41, 5.74) is 1.08. The van der Waals surface area contributed by atoms with E-state index in [0.717, 1.165) is 34.4 Å². The van der Waals surface area contributed by atoms with Gasteiger partial charge >= 0.3 is 0 Å². The van der Waals surface area contributed by atoms with Gasteiger partial charge in [0.05, 0.1) is 0 Å². The Bertz CT molecular complexity index is 333. The first-order valence-electron chi connectivity index (χ1n) is 5.45. The Kier molecular flexibility index (Phi) is 6.36. The first-order valence-corrected chi connectivity index (χ1v) is 6.62. The van der Waals surface area contributed by atoms with Gasteiger partial charge in [-0.05, 0) is 30.5 Å². The third kappa shape index (κ3) is 4.42. The Hall–Kier alpha value is -0.0900. The molecule has 0 aliphatic heterocycles. The van der Waals surface area contributed by atoms with Crippen molar-refractivity contribution in [2.24, 2.45) is 0 Å². The fraction of sp³-hybridized carbons (Fsp3) is 0.500. The van der Waals surface area contributed by atoms with E-state index in [4.69, 9.17) is 16.7 Å². The molecule has 16 heavy (non-hydrogen) atoms. The quantitative estimate of drug-likeness (QED) is 0.845. The number of benzene rings is 1. The smallest absolute Gasteiger partial charge is 0.0462 e. The molecule has 1 aromatic rings. The summed E-state index contributed by atoms with van der Waals surface area (Å²) in [6, 6.07) is 6.23. The number of nitrogens with one attached hydrogen (secondary N) is 1. The van der Waals surface area contributed by atoms with Crippen LogP contribution in [0.5, 0.6) is 0 Å². The molecule has 0 saturated heterocycles. The summed E-state index contributed by atoms with van der Waals surface area (Å²) >= 11 is 9.49. The summed E-state index contributed by atoms with van der Waals surface area (Å²) < 4.78 is 0.989. The molecule has 0 fully saturated rings. The monoisotopic (exact) mass is 305 g/mol. The molecule has 0 bridgehead atoms. The van der Waals surface area contributed by atoms with Gasteiger partial charge in [-0.15, -0.1) is 0 Å². The molecule has 1 rings (SSSR count). The van der Waals surface area contributed by atoms with Crippen LogP contribution < -0.4 is 5.32 Å². The molecule has 0 aliphatic carbocycles. The molecule has 0 aliphatic rings. The lowest BCUT2D eigenvalue weighted by atomic mass is 10.1. The first kappa shape index (κ1) is 14.0. The molecule has 2 nitrogen and oxygen atoms in total. The number of hydrogen-bond acceptors (Lipinski definition) is 2. The minimum atomic E-state index is 0.222. The zero-order valence-corrected chi connectivity index (χ0v) is 11.7. The van der Waals surface area contributed by atoms with E-state index < -0.39 is 0 Å². The van der Waals surface area contributed by atoms with E-state index in [9.17, 15) is 0 Å². The van der Waals surface area contributed by atoms with Gasteiger partial charge in [0.2, 0.25) is 0 Å². The van der Waals surface area contributed by atoms with Crippen molar-refractivity contribution in [2.75, 3.05) is 6.61 Å². The zero-order chi connectivity index (χ0) is 12.0. The van der Waals surface area contributed by atoms with E-state index in [1.165, 1.54) is 0 Å². The van der Waals surface area contributed by atoms with Crippen LogP contribution in [0, 0.1) is 0 Å². The molecule has 2 N–H and O–H groups in total. The van der Waals surface area contributed by atoms with Crippen LogP contribution in [0.3, 0.4) is 0 Å². The molecule has 0 aromatic heterocycles. The van der Waals surface area contributed by atoms with E-state index in [1.807, 2.05) is 18.2 Å². The Balaban J connectivity index is 2.53.